The standard InChI is InChI=1S/C22H24F4N8O3S/c1-11(19(23)24)34-16-8-12(4-5-15(16)29-31-34)17-13(9-33-18(17)20(37-2)28-21(27)30-33)14-6-7-32(38(3,35)36)10-22(14,25)26/h4-5,8-9,11,14,19H,6-7,10H2,1-3H3,(H2,27,30)/t11-,14-/m1/s1. The molecule has 3 aromatic heterocycles. The lowest BCUT2D eigenvalue weighted by Gasteiger charge is -2.37. The first kappa shape index (κ1) is 26.1. The van der Waals surface area contributed by atoms with Crippen molar-refractivity contribution in [3.63, 3.8) is 0 Å². The lowest BCUT2D eigenvalue weighted by Crippen LogP contribution is -2.49. The number of hydrogen-bond donors (Lipinski definition) is 1. The molecule has 0 amide bonds. The molecule has 1 aliphatic rings. The molecule has 4 aromatic rings. The number of sulfonamides is 1. The van der Waals surface area contributed by atoms with E-state index in [-0.39, 0.29) is 47.0 Å². The second kappa shape index (κ2) is 9.04. The van der Waals surface area contributed by atoms with Crippen molar-refractivity contribution in [1.82, 2.24) is 33.9 Å². The van der Waals surface area contributed by atoms with E-state index in [2.05, 4.69) is 20.4 Å². The molecule has 0 aliphatic carbocycles. The summed E-state index contributed by atoms with van der Waals surface area (Å²) in [6.45, 7) is 0.187. The fourth-order valence-electron chi connectivity index (χ4n) is 4.87. The number of hydrogen-bond acceptors (Lipinski definition) is 8. The Morgan fingerprint density at radius 1 is 1.26 bits per heavy atom. The van der Waals surface area contributed by atoms with Gasteiger partial charge in [-0.25, -0.2) is 35.2 Å². The number of piperidine rings is 1. The summed E-state index contributed by atoms with van der Waals surface area (Å²) in [5, 5.41) is 11.9. The van der Waals surface area contributed by atoms with Gasteiger partial charge in [-0.05, 0) is 36.6 Å². The number of rotatable bonds is 6. The first-order valence-corrected chi connectivity index (χ1v) is 13.4. The Morgan fingerprint density at radius 3 is 2.63 bits per heavy atom. The van der Waals surface area contributed by atoms with Crippen LogP contribution < -0.4 is 10.5 Å². The predicted octanol–water partition coefficient (Wildman–Crippen LogP) is 2.94. The molecule has 11 nitrogen and oxygen atoms in total. The molecule has 0 bridgehead atoms. The first-order valence-electron chi connectivity index (χ1n) is 11.5. The molecular weight excluding hydrogens is 532 g/mol. The van der Waals surface area contributed by atoms with Crippen molar-refractivity contribution in [2.24, 2.45) is 0 Å². The van der Waals surface area contributed by atoms with E-state index in [9.17, 15) is 17.2 Å². The number of aromatic nitrogens is 6. The maximum atomic E-state index is 15.6. The summed E-state index contributed by atoms with van der Waals surface area (Å²) in [6, 6.07) is 3.40. The topological polar surface area (TPSA) is 134 Å². The van der Waals surface area contributed by atoms with Gasteiger partial charge in [0.15, 0.2) is 0 Å². The highest BCUT2D eigenvalue weighted by Gasteiger charge is 2.49. The van der Waals surface area contributed by atoms with E-state index in [1.807, 2.05) is 0 Å². The van der Waals surface area contributed by atoms with Gasteiger partial charge in [0.1, 0.15) is 17.1 Å². The molecular formula is C22H24F4N8O3S. The third-order valence-corrected chi connectivity index (χ3v) is 8.01. The van der Waals surface area contributed by atoms with Gasteiger partial charge in [-0.2, -0.15) is 9.29 Å². The van der Waals surface area contributed by atoms with Crippen molar-refractivity contribution in [2.75, 3.05) is 32.2 Å². The number of methoxy groups -OCH3 is 1. The van der Waals surface area contributed by atoms with Gasteiger partial charge in [-0.15, -0.1) is 10.2 Å². The van der Waals surface area contributed by atoms with Crippen molar-refractivity contribution in [3.8, 4) is 17.0 Å². The molecule has 4 heterocycles. The molecule has 0 radical (unpaired) electrons. The first-order chi connectivity index (χ1) is 17.8. The van der Waals surface area contributed by atoms with E-state index < -0.39 is 40.9 Å². The molecule has 2 N–H and O–H groups in total. The zero-order valence-electron chi connectivity index (χ0n) is 20.5. The Hall–Kier alpha value is -3.53. The van der Waals surface area contributed by atoms with Gasteiger partial charge in [-0.3, -0.25) is 0 Å². The third kappa shape index (κ3) is 4.30. The van der Waals surface area contributed by atoms with Crippen LogP contribution in [-0.4, -0.2) is 81.1 Å². The van der Waals surface area contributed by atoms with Crippen LogP contribution in [0.25, 0.3) is 27.7 Å². The van der Waals surface area contributed by atoms with E-state index in [0.29, 0.717) is 11.1 Å². The lowest BCUT2D eigenvalue weighted by atomic mass is 9.84. The largest absolute Gasteiger partial charge is 0.479 e. The Balaban J connectivity index is 1.75. The van der Waals surface area contributed by atoms with Crippen LogP contribution in [0.15, 0.2) is 24.4 Å². The molecule has 2 atom stereocenters. The van der Waals surface area contributed by atoms with Crippen LogP contribution in [0, 0.1) is 0 Å². The highest BCUT2D eigenvalue weighted by Crippen LogP contribution is 2.47. The van der Waals surface area contributed by atoms with Crippen LogP contribution in [0.1, 0.15) is 30.9 Å². The quantitative estimate of drug-likeness (QED) is 0.359. The van der Waals surface area contributed by atoms with Gasteiger partial charge in [0.25, 0.3) is 12.3 Å². The molecule has 204 valence electrons. The summed E-state index contributed by atoms with van der Waals surface area (Å²) >= 11 is 0. The third-order valence-electron chi connectivity index (χ3n) is 6.76. The van der Waals surface area contributed by atoms with Gasteiger partial charge in [0.05, 0.1) is 31.3 Å². The fourth-order valence-corrected chi connectivity index (χ4v) is 5.71. The Bertz CT molecular complexity index is 1640. The van der Waals surface area contributed by atoms with Crippen molar-refractivity contribution in [1.29, 1.82) is 0 Å². The highest BCUT2D eigenvalue weighted by atomic mass is 32.2. The van der Waals surface area contributed by atoms with Gasteiger partial charge >= 0.3 is 0 Å². The van der Waals surface area contributed by atoms with Crippen LogP contribution in [0.4, 0.5) is 23.5 Å². The lowest BCUT2D eigenvalue weighted by molar-refractivity contribution is -0.0633. The summed E-state index contributed by atoms with van der Waals surface area (Å²) in [5.41, 5.74) is 7.46. The normalized spacial score (nSPS) is 19.4. The van der Waals surface area contributed by atoms with Crippen LogP contribution in [0.5, 0.6) is 5.88 Å². The zero-order valence-corrected chi connectivity index (χ0v) is 21.3. The van der Waals surface area contributed by atoms with Crippen LogP contribution in [0.2, 0.25) is 0 Å². The van der Waals surface area contributed by atoms with E-state index in [4.69, 9.17) is 10.5 Å². The zero-order chi connectivity index (χ0) is 27.6. The summed E-state index contributed by atoms with van der Waals surface area (Å²) < 4.78 is 90.5. The summed E-state index contributed by atoms with van der Waals surface area (Å²) in [4.78, 5) is 4.09. The molecule has 0 spiro atoms. The molecule has 1 aliphatic heterocycles. The van der Waals surface area contributed by atoms with E-state index in [1.165, 1.54) is 30.8 Å². The average Bonchev–Trinajstić information content (AvgIpc) is 3.42. The van der Waals surface area contributed by atoms with Gasteiger partial charge in [0, 0.05) is 18.3 Å². The van der Waals surface area contributed by atoms with E-state index in [0.717, 1.165) is 15.2 Å². The second-order valence-corrected chi connectivity index (χ2v) is 11.2. The number of anilines is 1. The minimum atomic E-state index is -3.83. The van der Waals surface area contributed by atoms with Crippen molar-refractivity contribution < 1.29 is 30.7 Å². The molecule has 16 heteroatoms. The van der Waals surface area contributed by atoms with Crippen LogP contribution in [-0.2, 0) is 10.0 Å². The number of benzene rings is 1. The number of nitrogens with two attached hydrogens (primary N) is 1. The van der Waals surface area contributed by atoms with E-state index >= 15 is 8.78 Å². The average molecular weight is 557 g/mol. The maximum absolute atomic E-state index is 15.6. The molecule has 38 heavy (non-hydrogen) atoms. The minimum Gasteiger partial charge on any atom is -0.479 e. The van der Waals surface area contributed by atoms with Gasteiger partial charge in [-0.1, -0.05) is 11.3 Å². The Labute approximate surface area is 214 Å². The van der Waals surface area contributed by atoms with E-state index in [1.54, 1.807) is 12.1 Å². The van der Waals surface area contributed by atoms with Crippen LogP contribution >= 0.6 is 0 Å². The molecule has 1 aromatic carbocycles. The monoisotopic (exact) mass is 556 g/mol. The SMILES string of the molecule is COc1nc(N)nn2cc([C@H]3CCN(S(C)(=O)=O)CC3(F)F)c(-c3ccc4nnn([C@H](C)C(F)F)c4c3)c12. The molecule has 1 saturated heterocycles. The van der Waals surface area contributed by atoms with Crippen LogP contribution in [0.3, 0.4) is 0 Å². The fraction of sp³-hybridized carbons (Fsp3) is 0.455. The molecule has 1 fully saturated rings. The number of nitrogens with zero attached hydrogens (tertiary/aromatic N) is 7. The minimum absolute atomic E-state index is 0.0170. The number of alkyl halides is 4. The number of ether oxygens (including phenoxy) is 1. The Morgan fingerprint density at radius 2 is 2.00 bits per heavy atom. The summed E-state index contributed by atoms with van der Waals surface area (Å²) in [5.74, 6) is -4.99. The summed E-state index contributed by atoms with van der Waals surface area (Å²) in [6.07, 6.45) is -0.622. The maximum Gasteiger partial charge on any atom is 0.268 e. The summed E-state index contributed by atoms with van der Waals surface area (Å²) in [7, 11) is -2.50. The predicted molar refractivity (Wildman–Crippen MR) is 130 cm³/mol. The number of fused-ring (bicyclic) bond motifs is 2. The van der Waals surface area contributed by atoms with Crippen molar-refractivity contribution >= 4 is 32.5 Å². The molecule has 0 saturated carbocycles. The molecule has 5 rings (SSSR count). The smallest absolute Gasteiger partial charge is 0.268 e. The highest BCUT2D eigenvalue weighted by molar-refractivity contribution is 7.88. The van der Waals surface area contributed by atoms with Crippen molar-refractivity contribution in [3.05, 3.63) is 30.0 Å². The number of nitrogen functional groups attached to an aromatic ring is 1. The van der Waals surface area contributed by atoms with Gasteiger partial charge < -0.3 is 10.5 Å². The molecule has 0 unspecified atom stereocenters. The number of halogens is 4. The van der Waals surface area contributed by atoms with Crippen molar-refractivity contribution in [2.45, 2.75) is 37.7 Å². The Kier molecular flexibility index (Phi) is 6.21. The van der Waals surface area contributed by atoms with Gasteiger partial charge in [0.2, 0.25) is 21.9 Å². The second-order valence-electron chi connectivity index (χ2n) is 9.24.